The Morgan fingerprint density at radius 1 is 1.38 bits per heavy atom. The van der Waals surface area contributed by atoms with Gasteiger partial charge in [-0.1, -0.05) is 0 Å². The first kappa shape index (κ1) is 23.2. The molecule has 0 radical (unpaired) electrons. The molecule has 1 fully saturated rings. The summed E-state index contributed by atoms with van der Waals surface area (Å²) in [4.78, 5) is 17.4. The lowest BCUT2D eigenvalue weighted by Crippen LogP contribution is -2.46. The Hall–Kier alpha value is -0.780. The van der Waals surface area contributed by atoms with Crippen LogP contribution in [-0.2, 0) is 14.6 Å². The van der Waals surface area contributed by atoms with Crippen molar-refractivity contribution < 1.29 is 17.9 Å². The number of nitrogens with zero attached hydrogens (tertiary/aromatic N) is 2. The van der Waals surface area contributed by atoms with Crippen molar-refractivity contribution in [2.75, 3.05) is 38.7 Å². The van der Waals surface area contributed by atoms with E-state index < -0.39 is 15.4 Å². The first-order valence-electron chi connectivity index (χ1n) is 7.64. The molecule has 2 N–H and O–H groups in total. The molecule has 1 saturated heterocycles. The van der Waals surface area contributed by atoms with E-state index in [-0.39, 0.29) is 47.6 Å². The van der Waals surface area contributed by atoms with Gasteiger partial charge in [-0.3, -0.25) is 4.99 Å². The molecule has 1 aliphatic rings. The van der Waals surface area contributed by atoms with E-state index >= 15 is 0 Å². The van der Waals surface area contributed by atoms with Gasteiger partial charge >= 0.3 is 6.09 Å². The normalized spacial score (nSPS) is 20.0. The van der Waals surface area contributed by atoms with Gasteiger partial charge in [0.05, 0.1) is 11.5 Å². The van der Waals surface area contributed by atoms with Crippen molar-refractivity contribution in [1.82, 2.24) is 15.5 Å². The molecular formula is C14H29IN4O4S. The summed E-state index contributed by atoms with van der Waals surface area (Å²) >= 11 is 0. The van der Waals surface area contributed by atoms with Crippen LogP contribution in [0.25, 0.3) is 0 Å². The Labute approximate surface area is 161 Å². The predicted octanol–water partition coefficient (Wildman–Crippen LogP) is 0.823. The second-order valence-corrected chi connectivity index (χ2v) is 8.87. The molecule has 0 bridgehead atoms. The van der Waals surface area contributed by atoms with Gasteiger partial charge in [-0.15, -0.1) is 24.0 Å². The smallest absolute Gasteiger partial charge is 0.410 e. The Balaban J connectivity index is 0.00000529. The first-order valence-corrected chi connectivity index (χ1v) is 9.46. The summed E-state index contributed by atoms with van der Waals surface area (Å²) in [5.41, 5.74) is -0.523. The maximum absolute atomic E-state index is 11.8. The molecule has 8 nitrogen and oxygen atoms in total. The lowest BCUT2D eigenvalue weighted by molar-refractivity contribution is 0.0302. The number of aliphatic imine (C=N–C) groups is 1. The van der Waals surface area contributed by atoms with Crippen molar-refractivity contribution in [3.63, 3.8) is 0 Å². The van der Waals surface area contributed by atoms with Crippen LogP contribution in [0.3, 0.4) is 0 Å². The Morgan fingerprint density at radius 2 is 2.00 bits per heavy atom. The number of likely N-dealkylation sites (N-methyl/N-ethyl adjacent to an activating group) is 1. The Kier molecular flexibility index (Phi) is 9.32. The van der Waals surface area contributed by atoms with Gasteiger partial charge in [-0.25, -0.2) is 13.2 Å². The zero-order valence-electron chi connectivity index (χ0n) is 15.0. The number of carbonyl (C=O) groups is 1. The fraction of sp³-hybridized carbons (Fsp3) is 0.857. The second-order valence-electron chi connectivity index (χ2n) is 6.65. The molecule has 1 rings (SSSR count). The summed E-state index contributed by atoms with van der Waals surface area (Å²) in [6, 6.07) is -0.116. The van der Waals surface area contributed by atoms with E-state index in [1.54, 1.807) is 14.1 Å². The van der Waals surface area contributed by atoms with Gasteiger partial charge in [-0.05, 0) is 27.2 Å². The number of sulfone groups is 1. The van der Waals surface area contributed by atoms with E-state index in [0.29, 0.717) is 25.5 Å². The number of carbonyl (C=O) groups excluding carboxylic acids is 1. The van der Waals surface area contributed by atoms with Crippen molar-refractivity contribution in [2.24, 2.45) is 4.99 Å². The molecule has 0 saturated carbocycles. The molecule has 0 spiro atoms. The molecule has 10 heteroatoms. The van der Waals surface area contributed by atoms with Gasteiger partial charge in [-0.2, -0.15) is 0 Å². The topological polar surface area (TPSA) is 100 Å². The van der Waals surface area contributed by atoms with Gasteiger partial charge in [0.2, 0.25) is 0 Å². The molecule has 1 unspecified atom stereocenters. The highest BCUT2D eigenvalue weighted by molar-refractivity contribution is 14.0. The zero-order valence-corrected chi connectivity index (χ0v) is 18.1. The van der Waals surface area contributed by atoms with Crippen molar-refractivity contribution in [3.05, 3.63) is 0 Å². The number of rotatable bonds is 4. The molecule has 0 aromatic rings. The van der Waals surface area contributed by atoms with Crippen LogP contribution in [0.2, 0.25) is 0 Å². The summed E-state index contributed by atoms with van der Waals surface area (Å²) in [6.07, 6.45) is 0.199. The third-order valence-electron chi connectivity index (χ3n) is 3.24. The van der Waals surface area contributed by atoms with Gasteiger partial charge in [0.15, 0.2) is 15.8 Å². The lowest BCUT2D eigenvalue weighted by atomic mass is 10.2. The van der Waals surface area contributed by atoms with Crippen LogP contribution >= 0.6 is 24.0 Å². The predicted molar refractivity (Wildman–Crippen MR) is 106 cm³/mol. The maximum atomic E-state index is 11.8. The van der Waals surface area contributed by atoms with E-state index in [2.05, 4.69) is 15.6 Å². The third-order valence-corrected chi connectivity index (χ3v) is 5.01. The summed E-state index contributed by atoms with van der Waals surface area (Å²) < 4.78 is 28.2. The van der Waals surface area contributed by atoms with Crippen LogP contribution in [-0.4, -0.2) is 75.7 Å². The van der Waals surface area contributed by atoms with Crippen molar-refractivity contribution >= 4 is 45.9 Å². The minimum atomic E-state index is -2.93. The highest BCUT2D eigenvalue weighted by Gasteiger charge is 2.28. The van der Waals surface area contributed by atoms with Crippen molar-refractivity contribution in [3.8, 4) is 0 Å². The molecule has 24 heavy (non-hydrogen) atoms. The molecule has 0 aliphatic carbocycles. The second kappa shape index (κ2) is 9.64. The van der Waals surface area contributed by atoms with Gasteiger partial charge in [0, 0.05) is 33.2 Å². The third kappa shape index (κ3) is 8.90. The van der Waals surface area contributed by atoms with E-state index in [1.807, 2.05) is 20.8 Å². The Bertz CT molecular complexity index is 545. The number of guanidine groups is 1. The van der Waals surface area contributed by atoms with Crippen LogP contribution in [0.1, 0.15) is 27.2 Å². The fourth-order valence-corrected chi connectivity index (χ4v) is 3.74. The zero-order chi connectivity index (χ0) is 17.7. The SMILES string of the molecule is CN=C(NCCN(C)C(=O)OC(C)(C)C)NC1CCS(=O)(=O)C1.I. The number of amides is 1. The van der Waals surface area contributed by atoms with Gasteiger partial charge in [0.25, 0.3) is 0 Å². The number of ether oxygens (including phenoxy) is 1. The number of nitrogens with one attached hydrogen (secondary N) is 2. The average Bonchev–Trinajstić information content (AvgIpc) is 2.74. The van der Waals surface area contributed by atoms with Gasteiger partial charge in [0.1, 0.15) is 5.60 Å². The first-order chi connectivity index (χ1) is 10.5. The van der Waals surface area contributed by atoms with Crippen LogP contribution in [0.5, 0.6) is 0 Å². The van der Waals surface area contributed by atoms with Crippen LogP contribution in [0, 0.1) is 0 Å². The molecule has 1 heterocycles. The standard InChI is InChI=1S/C14H28N4O4S.HI/c1-14(2,3)22-13(19)18(5)8-7-16-12(15-4)17-11-6-9-23(20,21)10-11;/h11H,6-10H2,1-5H3,(H2,15,16,17);1H. The summed E-state index contributed by atoms with van der Waals surface area (Å²) in [5, 5.41) is 6.15. The maximum Gasteiger partial charge on any atom is 0.410 e. The lowest BCUT2D eigenvalue weighted by Gasteiger charge is -2.25. The minimum Gasteiger partial charge on any atom is -0.444 e. The monoisotopic (exact) mass is 476 g/mol. The molecule has 142 valence electrons. The number of halogens is 1. The molecule has 0 aromatic carbocycles. The van der Waals surface area contributed by atoms with E-state index in [0.717, 1.165) is 0 Å². The average molecular weight is 476 g/mol. The van der Waals surface area contributed by atoms with Crippen molar-refractivity contribution in [1.29, 1.82) is 0 Å². The van der Waals surface area contributed by atoms with E-state index in [4.69, 9.17) is 4.74 Å². The molecule has 1 amide bonds. The molecule has 1 atom stereocenters. The van der Waals surface area contributed by atoms with E-state index in [9.17, 15) is 13.2 Å². The van der Waals surface area contributed by atoms with Crippen LogP contribution < -0.4 is 10.6 Å². The number of hydrogen-bond donors (Lipinski definition) is 2. The fourth-order valence-electron chi connectivity index (χ4n) is 2.07. The van der Waals surface area contributed by atoms with Crippen molar-refractivity contribution in [2.45, 2.75) is 38.8 Å². The molecular weight excluding hydrogens is 447 g/mol. The quantitative estimate of drug-likeness (QED) is 0.354. The summed E-state index contributed by atoms with van der Waals surface area (Å²) in [5.74, 6) is 0.874. The van der Waals surface area contributed by atoms with Crippen LogP contribution in [0.4, 0.5) is 4.79 Å². The summed E-state index contributed by atoms with van der Waals surface area (Å²) in [6.45, 7) is 6.38. The largest absolute Gasteiger partial charge is 0.444 e. The highest BCUT2D eigenvalue weighted by Crippen LogP contribution is 2.11. The summed E-state index contributed by atoms with van der Waals surface area (Å²) in [7, 11) is 0.357. The molecule has 0 aromatic heterocycles. The van der Waals surface area contributed by atoms with E-state index in [1.165, 1.54) is 4.90 Å². The Morgan fingerprint density at radius 3 is 2.46 bits per heavy atom. The minimum absolute atomic E-state index is 0. The highest BCUT2D eigenvalue weighted by atomic mass is 127. The van der Waals surface area contributed by atoms with Crippen LogP contribution in [0.15, 0.2) is 4.99 Å². The molecule has 1 aliphatic heterocycles. The number of hydrogen-bond acceptors (Lipinski definition) is 5. The van der Waals surface area contributed by atoms with Gasteiger partial charge < -0.3 is 20.3 Å².